The van der Waals surface area contributed by atoms with E-state index in [0.29, 0.717) is 0 Å². The van der Waals surface area contributed by atoms with Crippen molar-refractivity contribution in [2.45, 2.75) is 25.3 Å². The van der Waals surface area contributed by atoms with Gasteiger partial charge in [0, 0.05) is 23.5 Å². The van der Waals surface area contributed by atoms with E-state index in [1.807, 2.05) is 11.8 Å². The molecular weight excluding hydrogens is 190 g/mol. The molecule has 76 valence electrons. The molecule has 2 N–H and O–H groups in total. The number of rotatable bonds is 3. The minimum atomic E-state index is 0.265. The monoisotopic (exact) mass is 207 g/mol. The third-order valence-corrected chi connectivity index (χ3v) is 3.89. The third-order valence-electron chi connectivity index (χ3n) is 2.62. The van der Waals surface area contributed by atoms with Gasteiger partial charge in [-0.3, -0.25) is 0 Å². The predicted molar refractivity (Wildman–Crippen MR) is 63.9 cm³/mol. The van der Waals surface area contributed by atoms with Gasteiger partial charge < -0.3 is 5.73 Å². The van der Waals surface area contributed by atoms with Gasteiger partial charge in [-0.1, -0.05) is 24.3 Å². The summed E-state index contributed by atoms with van der Waals surface area (Å²) in [7, 11) is 0. The fraction of sp³-hybridized carbons (Fsp3) is 0.500. The normalized spacial score (nSPS) is 19.0. The first-order valence-electron chi connectivity index (χ1n) is 5.18. The highest BCUT2D eigenvalue weighted by Gasteiger charge is 2.19. The summed E-state index contributed by atoms with van der Waals surface area (Å²) in [5.74, 6) is 3.39. The fourth-order valence-corrected chi connectivity index (χ4v) is 2.63. The summed E-state index contributed by atoms with van der Waals surface area (Å²) in [5, 5.41) is 0. The maximum Gasteiger partial charge on any atom is 0.00509 e. The summed E-state index contributed by atoms with van der Waals surface area (Å²) in [4.78, 5) is 0. The lowest BCUT2D eigenvalue weighted by Crippen LogP contribution is -2.19. The van der Waals surface area contributed by atoms with Crippen molar-refractivity contribution < 1.29 is 0 Å². The van der Waals surface area contributed by atoms with Gasteiger partial charge in [-0.05, 0) is 24.5 Å². The average molecular weight is 207 g/mol. The molecule has 0 aliphatic carbocycles. The first-order chi connectivity index (χ1) is 6.75. The van der Waals surface area contributed by atoms with E-state index < -0.39 is 0 Å². The Morgan fingerprint density at radius 3 is 2.86 bits per heavy atom. The topological polar surface area (TPSA) is 26.0 Å². The molecule has 1 heterocycles. The Morgan fingerprint density at radius 1 is 1.50 bits per heavy atom. The highest BCUT2D eigenvalue weighted by molar-refractivity contribution is 8.00. The van der Waals surface area contributed by atoms with Crippen molar-refractivity contribution in [1.82, 2.24) is 0 Å². The van der Waals surface area contributed by atoms with E-state index in [4.69, 9.17) is 5.73 Å². The van der Waals surface area contributed by atoms with Crippen LogP contribution in [-0.4, -0.2) is 17.5 Å². The molecule has 1 atom stereocenters. The zero-order valence-electron chi connectivity index (χ0n) is 8.57. The first kappa shape index (κ1) is 10.1. The zero-order chi connectivity index (χ0) is 9.97. The third kappa shape index (κ3) is 2.31. The Hall–Kier alpha value is -0.470. The highest BCUT2D eigenvalue weighted by Crippen LogP contribution is 2.34. The number of benzene rings is 1. The van der Waals surface area contributed by atoms with Gasteiger partial charge in [-0.2, -0.15) is 11.8 Å². The van der Waals surface area contributed by atoms with Crippen molar-refractivity contribution >= 4 is 11.8 Å². The molecule has 1 aromatic carbocycles. The van der Waals surface area contributed by atoms with Crippen LogP contribution in [0, 0.1) is 0 Å². The van der Waals surface area contributed by atoms with Crippen LogP contribution in [0.25, 0.3) is 0 Å². The fourth-order valence-electron chi connectivity index (χ4n) is 1.77. The van der Waals surface area contributed by atoms with Crippen LogP contribution in [0.1, 0.15) is 24.0 Å². The number of hydrogen-bond acceptors (Lipinski definition) is 2. The predicted octanol–water partition coefficient (Wildman–Crippen LogP) is 2.41. The van der Waals surface area contributed by atoms with Gasteiger partial charge in [0.25, 0.3) is 0 Å². The number of hydrogen-bond donors (Lipinski definition) is 1. The van der Waals surface area contributed by atoms with Crippen molar-refractivity contribution in [1.29, 1.82) is 0 Å². The molecule has 2 heteroatoms. The van der Waals surface area contributed by atoms with Crippen molar-refractivity contribution in [3.63, 3.8) is 0 Å². The minimum Gasteiger partial charge on any atom is -0.328 e. The molecule has 0 saturated carbocycles. The highest BCUT2D eigenvalue weighted by atomic mass is 32.2. The van der Waals surface area contributed by atoms with Crippen molar-refractivity contribution in [2.24, 2.45) is 5.73 Å². The van der Waals surface area contributed by atoms with E-state index in [1.165, 1.54) is 22.6 Å². The Kier molecular flexibility index (Phi) is 3.14. The molecule has 2 rings (SSSR count). The van der Waals surface area contributed by atoms with Crippen LogP contribution >= 0.6 is 11.8 Å². The lowest BCUT2D eigenvalue weighted by atomic mass is 9.97. The van der Waals surface area contributed by atoms with E-state index in [2.05, 4.69) is 31.2 Å². The molecule has 1 saturated heterocycles. The molecular formula is C12H17NS. The standard InChI is InChI=1S/C12H17NS/c1-9(13)5-10-3-2-4-11(6-10)12-7-14-8-12/h2-4,6,9,12H,5,7-8,13H2,1H3. The van der Waals surface area contributed by atoms with Crippen molar-refractivity contribution in [2.75, 3.05) is 11.5 Å². The van der Waals surface area contributed by atoms with Crippen LogP contribution in [-0.2, 0) is 6.42 Å². The van der Waals surface area contributed by atoms with Gasteiger partial charge in [0.15, 0.2) is 0 Å². The molecule has 0 bridgehead atoms. The smallest absolute Gasteiger partial charge is 0.00509 e. The maximum absolute atomic E-state index is 5.79. The summed E-state index contributed by atoms with van der Waals surface area (Å²) in [6, 6.07) is 9.18. The largest absolute Gasteiger partial charge is 0.328 e. The minimum absolute atomic E-state index is 0.265. The molecule has 1 nitrogen and oxygen atoms in total. The van der Waals surface area contributed by atoms with E-state index >= 15 is 0 Å². The van der Waals surface area contributed by atoms with E-state index in [0.717, 1.165) is 12.3 Å². The number of thioether (sulfide) groups is 1. The van der Waals surface area contributed by atoms with Gasteiger partial charge in [0.05, 0.1) is 0 Å². The Morgan fingerprint density at radius 2 is 2.29 bits per heavy atom. The molecule has 0 radical (unpaired) electrons. The van der Waals surface area contributed by atoms with Gasteiger partial charge in [-0.15, -0.1) is 0 Å². The summed E-state index contributed by atoms with van der Waals surface area (Å²) in [5.41, 5.74) is 8.68. The first-order valence-corrected chi connectivity index (χ1v) is 6.33. The van der Waals surface area contributed by atoms with Gasteiger partial charge >= 0.3 is 0 Å². The van der Waals surface area contributed by atoms with Crippen LogP contribution in [0.5, 0.6) is 0 Å². The summed E-state index contributed by atoms with van der Waals surface area (Å²) in [6.07, 6.45) is 0.994. The summed E-state index contributed by atoms with van der Waals surface area (Å²) in [6.45, 7) is 2.06. The van der Waals surface area contributed by atoms with Crippen LogP contribution < -0.4 is 5.73 Å². The van der Waals surface area contributed by atoms with E-state index in [-0.39, 0.29) is 6.04 Å². The van der Waals surface area contributed by atoms with Gasteiger partial charge in [0.1, 0.15) is 0 Å². The van der Waals surface area contributed by atoms with Gasteiger partial charge in [-0.25, -0.2) is 0 Å². The second-order valence-electron chi connectivity index (χ2n) is 4.16. The van der Waals surface area contributed by atoms with Crippen molar-refractivity contribution in [3.8, 4) is 0 Å². The Labute approximate surface area is 90.1 Å². The van der Waals surface area contributed by atoms with E-state index in [1.54, 1.807) is 0 Å². The van der Waals surface area contributed by atoms with Crippen LogP contribution in [0.3, 0.4) is 0 Å². The molecule has 1 aromatic rings. The zero-order valence-corrected chi connectivity index (χ0v) is 9.39. The lowest BCUT2D eigenvalue weighted by molar-refractivity contribution is 0.735. The van der Waals surface area contributed by atoms with Gasteiger partial charge in [0.2, 0.25) is 0 Å². The Balaban J connectivity index is 2.09. The lowest BCUT2D eigenvalue weighted by Gasteiger charge is -2.25. The quantitative estimate of drug-likeness (QED) is 0.823. The molecule has 1 fully saturated rings. The molecule has 0 aromatic heterocycles. The maximum atomic E-state index is 5.79. The number of nitrogens with two attached hydrogens (primary N) is 1. The Bertz CT molecular complexity index is 305. The molecule has 1 unspecified atom stereocenters. The summed E-state index contributed by atoms with van der Waals surface area (Å²) >= 11 is 2.04. The average Bonchev–Trinajstić information content (AvgIpc) is 1.99. The second kappa shape index (κ2) is 4.37. The van der Waals surface area contributed by atoms with E-state index in [9.17, 15) is 0 Å². The van der Waals surface area contributed by atoms with Crippen LogP contribution in [0.2, 0.25) is 0 Å². The molecule has 1 aliphatic heterocycles. The van der Waals surface area contributed by atoms with Crippen LogP contribution in [0.15, 0.2) is 24.3 Å². The molecule has 0 amide bonds. The molecule has 1 aliphatic rings. The van der Waals surface area contributed by atoms with Crippen LogP contribution in [0.4, 0.5) is 0 Å². The molecule has 14 heavy (non-hydrogen) atoms. The van der Waals surface area contributed by atoms with Crippen molar-refractivity contribution in [3.05, 3.63) is 35.4 Å². The molecule has 0 spiro atoms. The second-order valence-corrected chi connectivity index (χ2v) is 5.24. The SMILES string of the molecule is CC(N)Cc1cccc(C2CSC2)c1. The summed E-state index contributed by atoms with van der Waals surface area (Å²) < 4.78 is 0.